The van der Waals surface area contributed by atoms with Gasteiger partial charge in [-0.15, -0.1) is 0 Å². The molecule has 4 nitrogen and oxygen atoms in total. The van der Waals surface area contributed by atoms with Crippen molar-refractivity contribution in [1.82, 2.24) is 5.32 Å². The van der Waals surface area contributed by atoms with Crippen LogP contribution in [-0.4, -0.2) is 24.8 Å². The molecule has 0 aliphatic rings. The van der Waals surface area contributed by atoms with Gasteiger partial charge in [-0.25, -0.2) is 13.6 Å². The fraction of sp³-hybridized carbons (Fsp3) is 0.350. The lowest BCUT2D eigenvalue weighted by atomic mass is 10.0. The number of ether oxygens (including phenoxy) is 2. The molecule has 146 valence electrons. The molecule has 0 heterocycles. The molecule has 0 aliphatic carbocycles. The monoisotopic (exact) mass is 441 g/mol. The zero-order valence-corrected chi connectivity index (χ0v) is 17.0. The fourth-order valence-electron chi connectivity index (χ4n) is 2.35. The van der Waals surface area contributed by atoms with Crippen molar-refractivity contribution in [2.45, 2.75) is 31.7 Å². The number of amides is 1. The summed E-state index contributed by atoms with van der Waals surface area (Å²) < 4.78 is 38.9. The van der Waals surface area contributed by atoms with E-state index in [4.69, 9.17) is 9.47 Å². The predicted octanol–water partition coefficient (Wildman–Crippen LogP) is 5.43. The summed E-state index contributed by atoms with van der Waals surface area (Å²) in [6, 6.07) is 9.22. The Balaban J connectivity index is 2.08. The molecule has 0 fully saturated rings. The van der Waals surface area contributed by atoms with E-state index in [1.165, 1.54) is 6.07 Å². The van der Waals surface area contributed by atoms with E-state index in [-0.39, 0.29) is 24.0 Å². The fourth-order valence-corrected chi connectivity index (χ4v) is 2.78. The molecule has 0 aromatic heterocycles. The summed E-state index contributed by atoms with van der Waals surface area (Å²) in [6.45, 7) is 5.72. The normalized spacial score (nSPS) is 11.2. The maximum absolute atomic E-state index is 14.3. The van der Waals surface area contributed by atoms with Gasteiger partial charge < -0.3 is 14.8 Å². The highest BCUT2D eigenvalue weighted by atomic mass is 79.9. The molecule has 1 N–H and O–H groups in total. The van der Waals surface area contributed by atoms with E-state index in [0.717, 1.165) is 6.07 Å². The smallest absolute Gasteiger partial charge is 0.407 e. The first-order chi connectivity index (χ1) is 12.7. The van der Waals surface area contributed by atoms with Crippen LogP contribution in [-0.2, 0) is 10.1 Å². The van der Waals surface area contributed by atoms with Crippen LogP contribution < -0.4 is 10.1 Å². The number of nitrogens with one attached hydrogen (secondary N) is 1. The molecule has 0 saturated carbocycles. The second-order valence-corrected chi connectivity index (χ2v) is 7.39. The number of carbonyl (C=O) groups excluding carboxylic acids is 1. The van der Waals surface area contributed by atoms with Gasteiger partial charge in [-0.3, -0.25) is 0 Å². The molecule has 1 amide bonds. The van der Waals surface area contributed by atoms with Crippen molar-refractivity contribution in [3.63, 3.8) is 0 Å². The first-order valence-corrected chi connectivity index (χ1v) is 9.56. The summed E-state index contributed by atoms with van der Waals surface area (Å²) in [7, 11) is 0. The summed E-state index contributed by atoms with van der Waals surface area (Å²) in [5.41, 5.74) is 0.536. The van der Waals surface area contributed by atoms with Gasteiger partial charge >= 0.3 is 6.09 Å². The number of hydrogen-bond donors (Lipinski definition) is 1. The average molecular weight is 442 g/mol. The second kappa shape index (κ2) is 9.17. The lowest BCUT2D eigenvalue weighted by molar-refractivity contribution is 0.0520. The van der Waals surface area contributed by atoms with Crippen molar-refractivity contribution in [3.05, 3.63) is 53.6 Å². The van der Waals surface area contributed by atoms with Crippen LogP contribution in [0.4, 0.5) is 13.6 Å². The van der Waals surface area contributed by atoms with Gasteiger partial charge in [0.05, 0.1) is 6.54 Å². The highest BCUT2D eigenvalue weighted by Gasteiger charge is 2.16. The Labute approximate surface area is 166 Å². The highest BCUT2D eigenvalue weighted by molar-refractivity contribution is 9.08. The lowest BCUT2D eigenvalue weighted by Crippen LogP contribution is -2.34. The van der Waals surface area contributed by atoms with Gasteiger partial charge in [-0.05, 0) is 38.5 Å². The van der Waals surface area contributed by atoms with Crippen LogP contribution in [0.25, 0.3) is 11.1 Å². The molecular weight excluding hydrogens is 420 g/mol. The number of hydrogen-bond acceptors (Lipinski definition) is 3. The Morgan fingerprint density at radius 3 is 2.48 bits per heavy atom. The average Bonchev–Trinajstić information content (AvgIpc) is 2.58. The molecule has 0 unspecified atom stereocenters. The summed E-state index contributed by atoms with van der Waals surface area (Å²) in [6.07, 6.45) is -0.536. The Hall–Kier alpha value is -2.15. The van der Waals surface area contributed by atoms with Crippen LogP contribution in [0.5, 0.6) is 5.75 Å². The molecule has 0 atom stereocenters. The molecule has 0 saturated heterocycles. The van der Waals surface area contributed by atoms with Crippen molar-refractivity contribution in [2.75, 3.05) is 13.2 Å². The first-order valence-electron chi connectivity index (χ1n) is 8.44. The zero-order valence-electron chi connectivity index (χ0n) is 15.4. The number of carbonyl (C=O) groups is 1. The SMILES string of the molecule is CC(C)(C)OC(=O)NCCOc1ccccc1-c1cc(CBr)c(F)cc1F. The van der Waals surface area contributed by atoms with Crippen LogP contribution in [0.2, 0.25) is 0 Å². The third-order valence-corrected chi connectivity index (χ3v) is 4.09. The maximum atomic E-state index is 14.3. The van der Waals surface area contributed by atoms with Crippen molar-refractivity contribution >= 4 is 22.0 Å². The van der Waals surface area contributed by atoms with Crippen LogP contribution in [0.15, 0.2) is 36.4 Å². The van der Waals surface area contributed by atoms with E-state index in [0.29, 0.717) is 16.9 Å². The van der Waals surface area contributed by atoms with Gasteiger partial charge in [0.25, 0.3) is 0 Å². The van der Waals surface area contributed by atoms with E-state index in [2.05, 4.69) is 21.2 Å². The summed E-state index contributed by atoms with van der Waals surface area (Å²) in [5, 5.41) is 2.86. The van der Waals surface area contributed by atoms with Gasteiger partial charge in [0.2, 0.25) is 0 Å². The van der Waals surface area contributed by atoms with Gasteiger partial charge in [0.15, 0.2) is 0 Å². The van der Waals surface area contributed by atoms with Crippen LogP contribution in [0, 0.1) is 11.6 Å². The number of benzene rings is 2. The highest BCUT2D eigenvalue weighted by Crippen LogP contribution is 2.33. The predicted molar refractivity (Wildman–Crippen MR) is 104 cm³/mol. The molecule has 0 aliphatic heterocycles. The van der Waals surface area contributed by atoms with Gasteiger partial charge in [0.1, 0.15) is 29.6 Å². The number of rotatable bonds is 6. The molecule has 2 aromatic rings. The molecule has 0 bridgehead atoms. The molecule has 27 heavy (non-hydrogen) atoms. The minimum atomic E-state index is -0.667. The van der Waals surface area contributed by atoms with E-state index < -0.39 is 23.3 Å². The largest absolute Gasteiger partial charge is 0.491 e. The molecule has 0 radical (unpaired) electrons. The van der Waals surface area contributed by atoms with Gasteiger partial charge in [0, 0.05) is 22.5 Å². The van der Waals surface area contributed by atoms with Crippen molar-refractivity contribution < 1.29 is 23.0 Å². The quantitative estimate of drug-likeness (QED) is 0.480. The number of halogens is 3. The minimum absolute atomic E-state index is 0.171. The van der Waals surface area contributed by atoms with E-state index >= 15 is 0 Å². The molecule has 7 heteroatoms. The van der Waals surface area contributed by atoms with Gasteiger partial charge in [-0.2, -0.15) is 0 Å². The lowest BCUT2D eigenvalue weighted by Gasteiger charge is -2.19. The molecule has 2 aromatic carbocycles. The molecule has 0 spiro atoms. The van der Waals surface area contributed by atoms with Crippen molar-refractivity contribution in [1.29, 1.82) is 0 Å². The summed E-state index contributed by atoms with van der Waals surface area (Å²) in [4.78, 5) is 11.6. The van der Waals surface area contributed by atoms with E-state index in [9.17, 15) is 13.6 Å². The minimum Gasteiger partial charge on any atom is -0.491 e. The molecular formula is C20H22BrF2NO3. The third kappa shape index (κ3) is 6.20. The zero-order chi connectivity index (χ0) is 20.0. The third-order valence-electron chi connectivity index (χ3n) is 3.49. The summed E-state index contributed by atoms with van der Waals surface area (Å²) >= 11 is 3.20. The standard InChI is InChI=1S/C20H22BrF2NO3/c1-20(2,3)27-19(25)24-8-9-26-18-7-5-4-6-14(18)15-10-13(12-21)16(22)11-17(15)23/h4-7,10-11H,8-9,12H2,1-3H3,(H,24,25). The number of alkyl halides is 1. The maximum Gasteiger partial charge on any atom is 0.407 e. The summed E-state index contributed by atoms with van der Waals surface area (Å²) in [5.74, 6) is -0.831. The Morgan fingerprint density at radius 2 is 1.81 bits per heavy atom. The second-order valence-electron chi connectivity index (χ2n) is 6.83. The Morgan fingerprint density at radius 1 is 1.11 bits per heavy atom. The van der Waals surface area contributed by atoms with E-state index in [1.54, 1.807) is 45.0 Å². The number of para-hydroxylation sites is 1. The Kier molecular flexibility index (Phi) is 7.18. The Bertz CT molecular complexity index is 806. The number of alkyl carbamates (subject to hydrolysis) is 1. The van der Waals surface area contributed by atoms with Crippen molar-refractivity contribution in [3.8, 4) is 16.9 Å². The van der Waals surface area contributed by atoms with E-state index in [1.807, 2.05) is 0 Å². The van der Waals surface area contributed by atoms with Crippen molar-refractivity contribution in [2.24, 2.45) is 0 Å². The van der Waals surface area contributed by atoms with Crippen LogP contribution in [0.1, 0.15) is 26.3 Å². The van der Waals surface area contributed by atoms with Crippen LogP contribution in [0.3, 0.4) is 0 Å². The van der Waals surface area contributed by atoms with Gasteiger partial charge in [-0.1, -0.05) is 34.1 Å². The van der Waals surface area contributed by atoms with Crippen LogP contribution >= 0.6 is 15.9 Å². The topological polar surface area (TPSA) is 47.6 Å². The first kappa shape index (κ1) is 21.2. The molecule has 2 rings (SSSR count).